The molecule has 2 N–H and O–H groups in total. The number of hydrogen-bond donors (Lipinski definition) is 2. The fourth-order valence-corrected chi connectivity index (χ4v) is 2.15. The highest BCUT2D eigenvalue weighted by Gasteiger charge is 2.18. The van der Waals surface area contributed by atoms with E-state index in [1.165, 1.54) is 6.07 Å². The van der Waals surface area contributed by atoms with Crippen LogP contribution in [0, 0.1) is 11.6 Å². The molecule has 1 aliphatic heterocycles. The molecule has 0 fully saturated rings. The van der Waals surface area contributed by atoms with Crippen LogP contribution in [0.1, 0.15) is 15.9 Å². The number of benzene rings is 2. The van der Waals surface area contributed by atoms with E-state index in [0.29, 0.717) is 11.4 Å². The fourth-order valence-electron chi connectivity index (χ4n) is 2.15. The molecule has 2 aromatic rings. The molecular formula is C15H10F2N2O2. The van der Waals surface area contributed by atoms with Gasteiger partial charge < -0.3 is 10.6 Å². The van der Waals surface area contributed by atoms with Gasteiger partial charge in [0.2, 0.25) is 5.91 Å². The largest absolute Gasteiger partial charge is 0.326 e. The zero-order valence-corrected chi connectivity index (χ0v) is 10.7. The first-order valence-electron chi connectivity index (χ1n) is 6.22. The fraction of sp³-hybridized carbons (Fsp3) is 0.0667. The zero-order chi connectivity index (χ0) is 15.0. The summed E-state index contributed by atoms with van der Waals surface area (Å²) in [5.74, 6) is -2.74. The average molecular weight is 288 g/mol. The molecule has 0 radical (unpaired) electrons. The van der Waals surface area contributed by atoms with Gasteiger partial charge in [-0.05, 0) is 42.0 Å². The first-order valence-corrected chi connectivity index (χ1v) is 6.22. The lowest BCUT2D eigenvalue weighted by atomic mass is 10.1. The predicted molar refractivity (Wildman–Crippen MR) is 73.1 cm³/mol. The van der Waals surface area contributed by atoms with Crippen LogP contribution in [0.15, 0.2) is 36.4 Å². The first-order chi connectivity index (χ1) is 10.0. The second-order valence-corrected chi connectivity index (χ2v) is 4.68. The van der Waals surface area contributed by atoms with Crippen LogP contribution in [-0.2, 0) is 11.2 Å². The Morgan fingerprint density at radius 3 is 2.67 bits per heavy atom. The summed E-state index contributed by atoms with van der Waals surface area (Å²) in [4.78, 5) is 23.2. The van der Waals surface area contributed by atoms with E-state index < -0.39 is 17.5 Å². The summed E-state index contributed by atoms with van der Waals surface area (Å²) in [6, 6.07) is 7.92. The van der Waals surface area contributed by atoms with Crippen LogP contribution < -0.4 is 10.6 Å². The van der Waals surface area contributed by atoms with Gasteiger partial charge in [0.05, 0.1) is 6.42 Å². The normalized spacial score (nSPS) is 12.8. The molecule has 0 saturated heterocycles. The Morgan fingerprint density at radius 1 is 1.10 bits per heavy atom. The van der Waals surface area contributed by atoms with Crippen molar-refractivity contribution in [3.8, 4) is 0 Å². The van der Waals surface area contributed by atoms with Crippen molar-refractivity contribution >= 4 is 23.2 Å². The second-order valence-electron chi connectivity index (χ2n) is 4.68. The maximum atomic E-state index is 13.1. The van der Waals surface area contributed by atoms with Gasteiger partial charge in [0.1, 0.15) is 0 Å². The molecule has 0 bridgehead atoms. The van der Waals surface area contributed by atoms with E-state index >= 15 is 0 Å². The highest BCUT2D eigenvalue weighted by molar-refractivity contribution is 6.05. The van der Waals surface area contributed by atoms with Crippen molar-refractivity contribution in [2.75, 3.05) is 10.6 Å². The molecule has 6 heteroatoms. The van der Waals surface area contributed by atoms with Gasteiger partial charge in [-0.2, -0.15) is 0 Å². The number of anilines is 2. The van der Waals surface area contributed by atoms with Crippen LogP contribution >= 0.6 is 0 Å². The highest BCUT2D eigenvalue weighted by Crippen LogP contribution is 2.26. The van der Waals surface area contributed by atoms with Crippen LogP contribution in [0.25, 0.3) is 0 Å². The summed E-state index contributed by atoms with van der Waals surface area (Å²) in [7, 11) is 0. The Labute approximate surface area is 118 Å². The molecule has 3 rings (SSSR count). The van der Waals surface area contributed by atoms with Crippen molar-refractivity contribution in [1.29, 1.82) is 0 Å². The molecule has 1 heterocycles. The SMILES string of the molecule is O=C1Cc2cc(NC(=O)c3ccc(F)c(F)c3)ccc2N1. The maximum absolute atomic E-state index is 13.1. The van der Waals surface area contributed by atoms with Gasteiger partial charge in [-0.15, -0.1) is 0 Å². The van der Waals surface area contributed by atoms with Crippen LogP contribution in [0.3, 0.4) is 0 Å². The number of fused-ring (bicyclic) bond motifs is 1. The molecule has 0 aliphatic carbocycles. The van der Waals surface area contributed by atoms with Crippen molar-refractivity contribution in [2.24, 2.45) is 0 Å². The van der Waals surface area contributed by atoms with Gasteiger partial charge in [0.15, 0.2) is 11.6 Å². The summed E-state index contributed by atoms with van der Waals surface area (Å²) in [6.07, 6.45) is 0.254. The zero-order valence-electron chi connectivity index (χ0n) is 10.7. The molecule has 0 aromatic heterocycles. The minimum atomic E-state index is -1.08. The van der Waals surface area contributed by atoms with E-state index in [1.807, 2.05) is 0 Å². The smallest absolute Gasteiger partial charge is 0.255 e. The van der Waals surface area contributed by atoms with Crippen LogP contribution in [0.4, 0.5) is 20.2 Å². The number of rotatable bonds is 2. The standard InChI is InChI=1S/C15H10F2N2O2/c16-11-3-1-8(6-12(11)17)15(21)18-10-2-4-13-9(5-10)7-14(20)19-13/h1-6H,7H2,(H,18,21)(H,19,20). The van der Waals surface area contributed by atoms with Crippen LogP contribution in [-0.4, -0.2) is 11.8 Å². The Hall–Kier alpha value is -2.76. The molecule has 4 nitrogen and oxygen atoms in total. The Balaban J connectivity index is 1.80. The van der Waals surface area contributed by atoms with Gasteiger partial charge in [0.25, 0.3) is 5.91 Å². The van der Waals surface area contributed by atoms with Gasteiger partial charge in [-0.25, -0.2) is 8.78 Å². The Bertz CT molecular complexity index is 759. The number of hydrogen-bond acceptors (Lipinski definition) is 2. The van der Waals surface area contributed by atoms with E-state index in [2.05, 4.69) is 10.6 Å². The second kappa shape index (κ2) is 4.97. The van der Waals surface area contributed by atoms with E-state index in [1.54, 1.807) is 18.2 Å². The third kappa shape index (κ3) is 2.60. The number of amides is 2. The van der Waals surface area contributed by atoms with E-state index in [0.717, 1.165) is 17.7 Å². The van der Waals surface area contributed by atoms with Gasteiger partial charge >= 0.3 is 0 Å². The molecule has 21 heavy (non-hydrogen) atoms. The molecule has 106 valence electrons. The van der Waals surface area contributed by atoms with Crippen molar-refractivity contribution in [2.45, 2.75) is 6.42 Å². The number of nitrogens with one attached hydrogen (secondary N) is 2. The first kappa shape index (κ1) is 13.2. The third-order valence-corrected chi connectivity index (χ3v) is 3.17. The topological polar surface area (TPSA) is 58.2 Å². The quantitative estimate of drug-likeness (QED) is 0.892. The maximum Gasteiger partial charge on any atom is 0.255 e. The number of halogens is 2. The van der Waals surface area contributed by atoms with Gasteiger partial charge in [-0.3, -0.25) is 9.59 Å². The van der Waals surface area contributed by atoms with E-state index in [4.69, 9.17) is 0 Å². The Morgan fingerprint density at radius 2 is 1.90 bits per heavy atom. The molecular weight excluding hydrogens is 278 g/mol. The lowest BCUT2D eigenvalue weighted by Crippen LogP contribution is -2.12. The van der Waals surface area contributed by atoms with Crippen molar-refractivity contribution in [3.63, 3.8) is 0 Å². The summed E-state index contributed by atoms with van der Waals surface area (Å²) < 4.78 is 25.9. The van der Waals surface area contributed by atoms with Crippen LogP contribution in [0.2, 0.25) is 0 Å². The molecule has 0 unspecified atom stereocenters. The van der Waals surface area contributed by atoms with Crippen molar-refractivity contribution < 1.29 is 18.4 Å². The summed E-state index contributed by atoms with van der Waals surface area (Å²) in [5.41, 5.74) is 2.00. The van der Waals surface area contributed by atoms with Gasteiger partial charge in [-0.1, -0.05) is 0 Å². The molecule has 2 aromatic carbocycles. The predicted octanol–water partition coefficient (Wildman–Crippen LogP) is 2.71. The summed E-state index contributed by atoms with van der Waals surface area (Å²) in [6.45, 7) is 0. The van der Waals surface area contributed by atoms with Crippen LogP contribution in [0.5, 0.6) is 0 Å². The third-order valence-electron chi connectivity index (χ3n) is 3.17. The minimum absolute atomic E-state index is 0.0172. The molecule has 0 atom stereocenters. The molecule has 2 amide bonds. The number of carbonyl (C=O) groups excluding carboxylic acids is 2. The summed E-state index contributed by atoms with van der Waals surface area (Å²) in [5, 5.41) is 5.26. The van der Waals surface area contributed by atoms with E-state index in [-0.39, 0.29) is 17.9 Å². The number of carbonyl (C=O) groups is 2. The lowest BCUT2D eigenvalue weighted by molar-refractivity contribution is -0.115. The average Bonchev–Trinajstić information content (AvgIpc) is 2.81. The van der Waals surface area contributed by atoms with Crippen molar-refractivity contribution in [3.05, 3.63) is 59.2 Å². The molecule has 0 spiro atoms. The van der Waals surface area contributed by atoms with Crippen molar-refractivity contribution in [1.82, 2.24) is 0 Å². The minimum Gasteiger partial charge on any atom is -0.326 e. The van der Waals surface area contributed by atoms with Gasteiger partial charge in [0, 0.05) is 16.9 Å². The monoisotopic (exact) mass is 288 g/mol. The lowest BCUT2D eigenvalue weighted by Gasteiger charge is -2.07. The Kier molecular flexibility index (Phi) is 3.13. The van der Waals surface area contributed by atoms with E-state index in [9.17, 15) is 18.4 Å². The summed E-state index contributed by atoms with van der Waals surface area (Å²) >= 11 is 0. The molecule has 1 aliphatic rings. The highest BCUT2D eigenvalue weighted by atomic mass is 19.2. The molecule has 0 saturated carbocycles.